The van der Waals surface area contributed by atoms with Gasteiger partial charge in [-0.1, -0.05) is 12.1 Å². The summed E-state index contributed by atoms with van der Waals surface area (Å²) in [6.45, 7) is 3.95. The van der Waals surface area contributed by atoms with Crippen molar-refractivity contribution in [2.24, 2.45) is 5.10 Å². The van der Waals surface area contributed by atoms with Gasteiger partial charge in [-0.15, -0.1) is 0 Å². The van der Waals surface area contributed by atoms with Crippen molar-refractivity contribution in [1.29, 1.82) is 0 Å². The van der Waals surface area contributed by atoms with E-state index in [-0.39, 0.29) is 11.6 Å². The largest absolute Gasteiger partial charge is 0.478 e. The quantitative estimate of drug-likeness (QED) is 0.438. The summed E-state index contributed by atoms with van der Waals surface area (Å²) in [5.74, 6) is -0.945. The smallest absolute Gasteiger partial charge is 0.335 e. The van der Waals surface area contributed by atoms with Crippen LogP contribution in [-0.2, 0) is 0 Å². The van der Waals surface area contributed by atoms with E-state index in [4.69, 9.17) is 17.3 Å². The van der Waals surface area contributed by atoms with Crippen LogP contribution in [0.1, 0.15) is 29.8 Å². The number of carboxylic acids is 1. The molecule has 0 fully saturated rings. The van der Waals surface area contributed by atoms with Crippen molar-refractivity contribution in [2.75, 3.05) is 0 Å². The molecule has 0 saturated carbocycles. The van der Waals surface area contributed by atoms with Crippen LogP contribution in [0.25, 0.3) is 0 Å². The summed E-state index contributed by atoms with van der Waals surface area (Å²) < 4.78 is 0. The minimum atomic E-state index is -0.945. The van der Waals surface area contributed by atoms with Gasteiger partial charge in [-0.25, -0.2) is 4.79 Å². The van der Waals surface area contributed by atoms with E-state index in [0.717, 1.165) is 5.56 Å². The van der Waals surface area contributed by atoms with Crippen LogP contribution in [-0.4, -0.2) is 28.4 Å². The van der Waals surface area contributed by atoms with Crippen molar-refractivity contribution in [3.05, 3.63) is 35.4 Å². The van der Waals surface area contributed by atoms with Crippen LogP contribution in [0, 0.1) is 0 Å². The molecule has 96 valence electrons. The first-order valence-corrected chi connectivity index (χ1v) is 5.83. The zero-order chi connectivity index (χ0) is 13.5. The maximum Gasteiger partial charge on any atom is 0.335 e. The van der Waals surface area contributed by atoms with E-state index in [9.17, 15) is 4.79 Å². The molecular weight excluding hydrogens is 250 g/mol. The van der Waals surface area contributed by atoms with Gasteiger partial charge in [0.05, 0.1) is 11.8 Å². The Morgan fingerprint density at radius 1 is 1.39 bits per heavy atom. The number of benzene rings is 1. The standard InChI is InChI=1S/C12H15N3O2S/c1-8(2)14-12(18)15-13-7-9-3-5-10(6-4-9)11(16)17/h3-8H,1-2H3,(H,16,17)(H2,14,15,18)/b13-7+. The molecule has 0 spiro atoms. The van der Waals surface area contributed by atoms with Gasteiger partial charge in [-0.3, -0.25) is 5.43 Å². The molecule has 18 heavy (non-hydrogen) atoms. The van der Waals surface area contributed by atoms with Gasteiger partial charge in [0.2, 0.25) is 0 Å². The van der Waals surface area contributed by atoms with Gasteiger partial charge >= 0.3 is 5.97 Å². The Morgan fingerprint density at radius 2 is 2.00 bits per heavy atom. The van der Waals surface area contributed by atoms with Crippen LogP contribution >= 0.6 is 12.2 Å². The molecule has 0 amide bonds. The third-order valence-electron chi connectivity index (χ3n) is 1.96. The molecule has 0 unspecified atom stereocenters. The van der Waals surface area contributed by atoms with Crippen LogP contribution in [0.15, 0.2) is 29.4 Å². The van der Waals surface area contributed by atoms with Gasteiger partial charge in [0, 0.05) is 6.04 Å². The Hall–Kier alpha value is -1.95. The number of carboxylic acid groups (broad SMARTS) is 1. The second-order valence-electron chi connectivity index (χ2n) is 3.93. The molecule has 1 rings (SSSR count). The monoisotopic (exact) mass is 265 g/mol. The molecular formula is C12H15N3O2S. The van der Waals surface area contributed by atoms with E-state index in [1.165, 1.54) is 12.1 Å². The number of nitrogens with one attached hydrogen (secondary N) is 2. The summed E-state index contributed by atoms with van der Waals surface area (Å²) in [4.78, 5) is 10.6. The van der Waals surface area contributed by atoms with E-state index < -0.39 is 5.97 Å². The molecule has 1 aromatic carbocycles. The van der Waals surface area contributed by atoms with Crippen LogP contribution in [0.4, 0.5) is 0 Å². The number of hydrogen-bond acceptors (Lipinski definition) is 3. The molecule has 5 nitrogen and oxygen atoms in total. The summed E-state index contributed by atoms with van der Waals surface area (Å²) in [7, 11) is 0. The van der Waals surface area contributed by atoms with Gasteiger partial charge in [-0.05, 0) is 43.8 Å². The maximum absolute atomic E-state index is 10.6. The highest BCUT2D eigenvalue weighted by Gasteiger charge is 2.00. The fourth-order valence-electron chi connectivity index (χ4n) is 1.17. The summed E-state index contributed by atoms with van der Waals surface area (Å²) in [6.07, 6.45) is 1.57. The molecule has 0 aromatic heterocycles. The van der Waals surface area contributed by atoms with Gasteiger partial charge in [-0.2, -0.15) is 5.10 Å². The zero-order valence-corrected chi connectivity index (χ0v) is 11.0. The predicted octanol–water partition coefficient (Wildman–Crippen LogP) is 1.59. The molecule has 0 saturated heterocycles. The third kappa shape index (κ3) is 4.92. The number of hydrazone groups is 1. The highest BCUT2D eigenvalue weighted by molar-refractivity contribution is 7.80. The molecule has 0 aliphatic rings. The van der Waals surface area contributed by atoms with E-state index in [2.05, 4.69) is 15.8 Å². The second-order valence-corrected chi connectivity index (χ2v) is 4.33. The van der Waals surface area contributed by atoms with Crippen LogP contribution in [0.3, 0.4) is 0 Å². The number of aromatic carboxylic acids is 1. The van der Waals surface area contributed by atoms with E-state index in [1.54, 1.807) is 18.3 Å². The van der Waals surface area contributed by atoms with Crippen molar-refractivity contribution < 1.29 is 9.90 Å². The van der Waals surface area contributed by atoms with Crippen molar-refractivity contribution in [3.8, 4) is 0 Å². The van der Waals surface area contributed by atoms with Crippen molar-refractivity contribution in [2.45, 2.75) is 19.9 Å². The minimum absolute atomic E-state index is 0.245. The summed E-state index contributed by atoms with van der Waals surface area (Å²) in [5, 5.41) is 16.1. The lowest BCUT2D eigenvalue weighted by atomic mass is 10.1. The fraction of sp³-hybridized carbons (Fsp3) is 0.250. The number of hydrogen-bond donors (Lipinski definition) is 3. The molecule has 0 atom stereocenters. The maximum atomic E-state index is 10.6. The Labute approximate surface area is 111 Å². The minimum Gasteiger partial charge on any atom is -0.478 e. The van der Waals surface area contributed by atoms with Crippen molar-refractivity contribution >= 4 is 29.5 Å². The Morgan fingerprint density at radius 3 is 2.50 bits per heavy atom. The lowest BCUT2D eigenvalue weighted by Crippen LogP contribution is -2.36. The molecule has 6 heteroatoms. The SMILES string of the molecule is CC(C)NC(=S)N/N=C/c1ccc(C(=O)O)cc1. The first-order valence-electron chi connectivity index (χ1n) is 5.42. The topological polar surface area (TPSA) is 73.7 Å². The van der Waals surface area contributed by atoms with Gasteiger partial charge in [0.25, 0.3) is 0 Å². The van der Waals surface area contributed by atoms with E-state index in [0.29, 0.717) is 5.11 Å². The van der Waals surface area contributed by atoms with Gasteiger partial charge in [0.1, 0.15) is 0 Å². The van der Waals surface area contributed by atoms with Crippen LogP contribution in [0.2, 0.25) is 0 Å². The summed E-state index contributed by atoms with van der Waals surface area (Å²) in [6, 6.07) is 6.64. The summed E-state index contributed by atoms with van der Waals surface area (Å²) >= 11 is 4.99. The predicted molar refractivity (Wildman–Crippen MR) is 75.0 cm³/mol. The molecule has 0 aliphatic heterocycles. The average Bonchev–Trinajstić information content (AvgIpc) is 2.28. The molecule has 0 heterocycles. The highest BCUT2D eigenvalue weighted by Crippen LogP contribution is 2.02. The van der Waals surface area contributed by atoms with Gasteiger partial charge < -0.3 is 10.4 Å². The average molecular weight is 265 g/mol. The molecule has 0 aliphatic carbocycles. The summed E-state index contributed by atoms with van der Waals surface area (Å²) in [5.41, 5.74) is 3.71. The van der Waals surface area contributed by atoms with Crippen LogP contribution in [0.5, 0.6) is 0 Å². The third-order valence-corrected chi connectivity index (χ3v) is 2.17. The lowest BCUT2D eigenvalue weighted by molar-refractivity contribution is 0.0697. The van der Waals surface area contributed by atoms with Crippen molar-refractivity contribution in [1.82, 2.24) is 10.7 Å². The first kappa shape index (κ1) is 14.1. The zero-order valence-electron chi connectivity index (χ0n) is 10.2. The Kier molecular flexibility index (Phi) is 5.26. The number of nitrogens with zero attached hydrogens (tertiary/aromatic N) is 1. The molecule has 3 N–H and O–H groups in total. The number of thiocarbonyl (C=S) groups is 1. The molecule has 0 bridgehead atoms. The Balaban J connectivity index is 2.52. The second kappa shape index (κ2) is 6.70. The molecule has 1 aromatic rings. The van der Waals surface area contributed by atoms with Crippen LogP contribution < -0.4 is 10.7 Å². The lowest BCUT2D eigenvalue weighted by Gasteiger charge is -2.09. The fourth-order valence-corrected chi connectivity index (χ4v) is 1.46. The Bertz CT molecular complexity index is 455. The van der Waals surface area contributed by atoms with E-state index in [1.807, 2.05) is 13.8 Å². The normalized spacial score (nSPS) is 10.6. The first-order chi connectivity index (χ1) is 8.49. The van der Waals surface area contributed by atoms with Crippen molar-refractivity contribution in [3.63, 3.8) is 0 Å². The number of carbonyl (C=O) groups is 1. The number of rotatable bonds is 4. The van der Waals surface area contributed by atoms with E-state index >= 15 is 0 Å². The molecule has 0 radical (unpaired) electrons. The highest BCUT2D eigenvalue weighted by atomic mass is 32.1. The van der Waals surface area contributed by atoms with Gasteiger partial charge in [0.15, 0.2) is 5.11 Å².